The highest BCUT2D eigenvalue weighted by atomic mass is 32.2. The van der Waals surface area contributed by atoms with Gasteiger partial charge in [0.05, 0.1) is 4.90 Å². The van der Waals surface area contributed by atoms with E-state index in [1.807, 2.05) is 24.3 Å². The average molecular weight is 374 g/mol. The Labute approximate surface area is 154 Å². The third-order valence-corrected chi connectivity index (χ3v) is 6.47. The summed E-state index contributed by atoms with van der Waals surface area (Å²) in [4.78, 5) is 14.3. The molecule has 138 valence electrons. The van der Waals surface area contributed by atoms with Gasteiger partial charge < -0.3 is 9.64 Å². The maximum atomic E-state index is 12.8. The summed E-state index contributed by atoms with van der Waals surface area (Å²) in [6, 6.07) is 16.1. The fourth-order valence-electron chi connectivity index (χ4n) is 2.92. The number of rotatable bonds is 5. The zero-order chi connectivity index (χ0) is 18.6. The van der Waals surface area contributed by atoms with E-state index in [1.54, 1.807) is 42.2 Å². The van der Waals surface area contributed by atoms with Gasteiger partial charge in [-0.1, -0.05) is 36.4 Å². The van der Waals surface area contributed by atoms with Crippen LogP contribution in [0.15, 0.2) is 59.5 Å². The Kier molecular flexibility index (Phi) is 5.58. The van der Waals surface area contributed by atoms with Gasteiger partial charge in [-0.05, 0) is 30.7 Å². The molecular formula is C19H22N2O4S. The van der Waals surface area contributed by atoms with Crippen LogP contribution in [0.4, 0.5) is 0 Å². The van der Waals surface area contributed by atoms with Crippen LogP contribution in [-0.2, 0) is 14.8 Å². The maximum absolute atomic E-state index is 12.8. The third-order valence-electron chi connectivity index (χ3n) is 4.41. The van der Waals surface area contributed by atoms with E-state index in [2.05, 4.69) is 0 Å². The number of amides is 1. The second kappa shape index (κ2) is 7.88. The van der Waals surface area contributed by atoms with Crippen LogP contribution < -0.4 is 4.74 Å². The Hall–Kier alpha value is -2.38. The number of ether oxygens (including phenoxy) is 1. The molecule has 1 amide bonds. The maximum Gasteiger partial charge on any atom is 0.260 e. The van der Waals surface area contributed by atoms with Crippen LogP contribution in [0.3, 0.4) is 0 Å². The molecule has 1 fully saturated rings. The number of piperazine rings is 1. The fraction of sp³-hybridized carbons (Fsp3) is 0.316. The Balaban J connectivity index is 1.57. The van der Waals surface area contributed by atoms with Gasteiger partial charge in [0.1, 0.15) is 5.75 Å². The zero-order valence-electron chi connectivity index (χ0n) is 14.7. The molecule has 6 nitrogen and oxygen atoms in total. The lowest BCUT2D eigenvalue weighted by atomic mass is 10.2. The van der Waals surface area contributed by atoms with Crippen LogP contribution in [0.2, 0.25) is 0 Å². The molecule has 0 saturated carbocycles. The molecule has 1 saturated heterocycles. The van der Waals surface area contributed by atoms with Crippen LogP contribution in [0.25, 0.3) is 0 Å². The van der Waals surface area contributed by atoms with Crippen molar-refractivity contribution in [2.24, 2.45) is 0 Å². The predicted octanol–water partition coefficient (Wildman–Crippen LogP) is 1.91. The molecule has 2 aromatic rings. The van der Waals surface area contributed by atoms with Gasteiger partial charge in [-0.3, -0.25) is 4.79 Å². The lowest BCUT2D eigenvalue weighted by molar-refractivity contribution is -0.134. The summed E-state index contributed by atoms with van der Waals surface area (Å²) in [5.41, 5.74) is 0.724. The highest BCUT2D eigenvalue weighted by molar-refractivity contribution is 7.89. The SMILES string of the molecule is Cc1ccccc1S(=O)(=O)N1CCN(C(=O)COc2ccccc2)CC1. The summed E-state index contributed by atoms with van der Waals surface area (Å²) in [6.45, 7) is 3.04. The fourth-order valence-corrected chi connectivity index (χ4v) is 4.56. The smallest absolute Gasteiger partial charge is 0.260 e. The summed E-state index contributed by atoms with van der Waals surface area (Å²) in [5.74, 6) is 0.503. The topological polar surface area (TPSA) is 66.9 Å². The zero-order valence-corrected chi connectivity index (χ0v) is 15.5. The molecule has 0 atom stereocenters. The van der Waals surface area contributed by atoms with Gasteiger partial charge in [0.15, 0.2) is 6.61 Å². The molecule has 0 N–H and O–H groups in total. The molecular weight excluding hydrogens is 352 g/mol. The molecule has 2 aromatic carbocycles. The van der Waals surface area contributed by atoms with Gasteiger partial charge in [0.2, 0.25) is 10.0 Å². The summed E-state index contributed by atoms with van der Waals surface area (Å²) in [7, 11) is -3.53. The van der Waals surface area contributed by atoms with Crippen molar-refractivity contribution in [3.8, 4) is 5.75 Å². The van der Waals surface area contributed by atoms with Crippen molar-refractivity contribution in [1.29, 1.82) is 0 Å². The molecule has 1 aliphatic heterocycles. The van der Waals surface area contributed by atoms with Crippen LogP contribution >= 0.6 is 0 Å². The van der Waals surface area contributed by atoms with Crippen LogP contribution in [0.5, 0.6) is 5.75 Å². The highest BCUT2D eigenvalue weighted by Crippen LogP contribution is 2.21. The van der Waals surface area contributed by atoms with Crippen molar-refractivity contribution in [1.82, 2.24) is 9.21 Å². The van der Waals surface area contributed by atoms with Gasteiger partial charge >= 0.3 is 0 Å². The van der Waals surface area contributed by atoms with Gasteiger partial charge in [0, 0.05) is 26.2 Å². The number of hydrogen-bond donors (Lipinski definition) is 0. The minimum absolute atomic E-state index is 0.0471. The van der Waals surface area contributed by atoms with Gasteiger partial charge in [-0.15, -0.1) is 0 Å². The first-order valence-electron chi connectivity index (χ1n) is 8.50. The van der Waals surface area contributed by atoms with E-state index in [9.17, 15) is 13.2 Å². The third kappa shape index (κ3) is 4.05. The molecule has 0 unspecified atom stereocenters. The first-order valence-corrected chi connectivity index (χ1v) is 9.94. The minimum atomic E-state index is -3.53. The van der Waals surface area contributed by atoms with E-state index >= 15 is 0 Å². The van der Waals surface area contributed by atoms with E-state index < -0.39 is 10.0 Å². The largest absolute Gasteiger partial charge is 0.484 e. The summed E-state index contributed by atoms with van der Waals surface area (Å²) >= 11 is 0. The van der Waals surface area contributed by atoms with E-state index in [0.717, 1.165) is 5.56 Å². The minimum Gasteiger partial charge on any atom is -0.484 e. The van der Waals surface area contributed by atoms with E-state index in [0.29, 0.717) is 23.7 Å². The van der Waals surface area contributed by atoms with E-state index in [-0.39, 0.29) is 25.6 Å². The number of nitrogens with zero attached hydrogens (tertiary/aromatic N) is 2. The first-order chi connectivity index (χ1) is 12.5. The molecule has 0 radical (unpaired) electrons. The lowest BCUT2D eigenvalue weighted by Crippen LogP contribution is -2.51. The molecule has 26 heavy (non-hydrogen) atoms. The molecule has 0 bridgehead atoms. The Bertz CT molecular complexity index is 860. The highest BCUT2D eigenvalue weighted by Gasteiger charge is 2.30. The van der Waals surface area contributed by atoms with Crippen molar-refractivity contribution < 1.29 is 17.9 Å². The van der Waals surface area contributed by atoms with Gasteiger partial charge in [0.25, 0.3) is 5.91 Å². The monoisotopic (exact) mass is 374 g/mol. The number of carbonyl (C=O) groups excluding carboxylic acids is 1. The average Bonchev–Trinajstić information content (AvgIpc) is 2.67. The Morgan fingerprint density at radius 1 is 0.962 bits per heavy atom. The molecule has 1 aliphatic rings. The second-order valence-electron chi connectivity index (χ2n) is 6.15. The molecule has 3 rings (SSSR count). The quantitative estimate of drug-likeness (QED) is 0.802. The lowest BCUT2D eigenvalue weighted by Gasteiger charge is -2.34. The normalized spacial score (nSPS) is 15.7. The first kappa shape index (κ1) is 18.4. The molecule has 0 aliphatic carbocycles. The summed E-state index contributed by atoms with van der Waals surface area (Å²) in [6.07, 6.45) is 0. The Morgan fingerprint density at radius 3 is 2.23 bits per heavy atom. The number of sulfonamides is 1. The molecule has 0 spiro atoms. The molecule has 0 aromatic heterocycles. The number of aryl methyl sites for hydroxylation is 1. The van der Waals surface area contributed by atoms with Gasteiger partial charge in [-0.25, -0.2) is 8.42 Å². The van der Waals surface area contributed by atoms with Crippen molar-refractivity contribution in [3.05, 3.63) is 60.2 Å². The second-order valence-corrected chi connectivity index (χ2v) is 8.06. The molecule has 1 heterocycles. The summed E-state index contributed by atoms with van der Waals surface area (Å²) in [5, 5.41) is 0. The van der Waals surface area contributed by atoms with Crippen molar-refractivity contribution in [3.63, 3.8) is 0 Å². The van der Waals surface area contributed by atoms with Crippen LogP contribution in [-0.4, -0.2) is 56.3 Å². The van der Waals surface area contributed by atoms with Crippen molar-refractivity contribution >= 4 is 15.9 Å². The summed E-state index contributed by atoms with van der Waals surface area (Å²) < 4.78 is 32.5. The standard InChI is InChI=1S/C19H22N2O4S/c1-16-7-5-6-10-18(16)26(23,24)21-13-11-20(12-14-21)19(22)15-25-17-8-3-2-4-9-17/h2-10H,11-15H2,1H3. The van der Waals surface area contributed by atoms with Crippen molar-refractivity contribution in [2.75, 3.05) is 32.8 Å². The predicted molar refractivity (Wildman–Crippen MR) is 98.5 cm³/mol. The van der Waals surface area contributed by atoms with Gasteiger partial charge in [-0.2, -0.15) is 4.31 Å². The van der Waals surface area contributed by atoms with Crippen LogP contribution in [0.1, 0.15) is 5.56 Å². The molecule has 7 heteroatoms. The number of benzene rings is 2. The number of carbonyl (C=O) groups is 1. The van der Waals surface area contributed by atoms with Crippen LogP contribution in [0, 0.1) is 6.92 Å². The van der Waals surface area contributed by atoms with E-state index in [4.69, 9.17) is 4.74 Å². The number of hydrogen-bond acceptors (Lipinski definition) is 4. The van der Waals surface area contributed by atoms with E-state index in [1.165, 1.54) is 4.31 Å². The van der Waals surface area contributed by atoms with Crippen molar-refractivity contribution in [2.45, 2.75) is 11.8 Å². The Morgan fingerprint density at radius 2 is 1.58 bits per heavy atom. The number of para-hydroxylation sites is 1.